The third-order valence-electron chi connectivity index (χ3n) is 3.34. The monoisotopic (exact) mass is 279 g/mol. The number of thiophene rings is 1. The van der Waals surface area contributed by atoms with E-state index < -0.39 is 5.97 Å². The van der Waals surface area contributed by atoms with Crippen molar-refractivity contribution < 1.29 is 14.7 Å². The summed E-state index contributed by atoms with van der Waals surface area (Å²) in [6, 6.07) is 3.76. The maximum Gasteiger partial charge on any atom is 0.328 e. The van der Waals surface area contributed by atoms with E-state index in [2.05, 4.69) is 19.2 Å². The highest BCUT2D eigenvalue weighted by molar-refractivity contribution is 7.12. The number of amides is 1. The molecule has 1 saturated carbocycles. The third kappa shape index (κ3) is 3.67. The summed E-state index contributed by atoms with van der Waals surface area (Å²) in [5, 5.41) is 11.5. The van der Waals surface area contributed by atoms with Crippen LogP contribution in [0.4, 0.5) is 0 Å². The number of carbonyl (C=O) groups excluding carboxylic acids is 1. The highest BCUT2D eigenvalue weighted by Gasteiger charge is 2.50. The molecular weight excluding hydrogens is 262 g/mol. The summed E-state index contributed by atoms with van der Waals surface area (Å²) >= 11 is 1.48. The molecule has 1 unspecified atom stereocenters. The normalized spacial score (nSPS) is 20.4. The third-order valence-corrected chi connectivity index (χ3v) is 4.39. The van der Waals surface area contributed by atoms with Crippen molar-refractivity contribution in [1.82, 2.24) is 5.32 Å². The van der Waals surface area contributed by atoms with Crippen LogP contribution in [0.5, 0.6) is 0 Å². The highest BCUT2D eigenvalue weighted by Crippen LogP contribution is 2.51. The summed E-state index contributed by atoms with van der Waals surface area (Å²) < 4.78 is 0. The molecule has 5 heteroatoms. The average Bonchev–Trinajstić information content (AvgIpc) is 2.77. The summed E-state index contributed by atoms with van der Waals surface area (Å²) in [5.41, 5.74) is 0.148. The maximum absolute atomic E-state index is 11.8. The Kier molecular flexibility index (Phi) is 3.75. The van der Waals surface area contributed by atoms with Crippen LogP contribution >= 0.6 is 11.3 Å². The molecule has 2 N–H and O–H groups in total. The van der Waals surface area contributed by atoms with Gasteiger partial charge < -0.3 is 10.4 Å². The lowest BCUT2D eigenvalue weighted by molar-refractivity contribution is -0.131. The van der Waals surface area contributed by atoms with Crippen LogP contribution in [0.25, 0.3) is 6.08 Å². The smallest absolute Gasteiger partial charge is 0.328 e. The van der Waals surface area contributed by atoms with Gasteiger partial charge >= 0.3 is 5.97 Å². The summed E-state index contributed by atoms with van der Waals surface area (Å²) in [5.74, 6) is -0.709. The van der Waals surface area contributed by atoms with Crippen LogP contribution in [0.3, 0.4) is 0 Å². The van der Waals surface area contributed by atoms with Gasteiger partial charge in [-0.3, -0.25) is 4.79 Å². The fourth-order valence-electron chi connectivity index (χ4n) is 1.94. The second-order valence-corrected chi connectivity index (χ2v) is 6.64. The fourth-order valence-corrected chi connectivity index (χ4v) is 2.80. The molecule has 0 radical (unpaired) electrons. The van der Waals surface area contributed by atoms with Gasteiger partial charge in [0.1, 0.15) is 0 Å². The molecule has 0 aromatic carbocycles. The van der Waals surface area contributed by atoms with Gasteiger partial charge in [-0.25, -0.2) is 4.79 Å². The van der Waals surface area contributed by atoms with E-state index in [4.69, 9.17) is 5.11 Å². The van der Waals surface area contributed by atoms with Gasteiger partial charge in [-0.2, -0.15) is 0 Å². The summed E-state index contributed by atoms with van der Waals surface area (Å²) in [6.45, 7) is 4.70. The topological polar surface area (TPSA) is 66.4 Å². The zero-order valence-electron chi connectivity index (χ0n) is 11.0. The molecule has 2 rings (SSSR count). The number of carboxylic acids is 1. The number of rotatable bonds is 5. The van der Waals surface area contributed by atoms with Crippen molar-refractivity contribution in [2.45, 2.75) is 26.8 Å². The molecule has 1 aliphatic carbocycles. The summed E-state index contributed by atoms with van der Waals surface area (Å²) in [4.78, 5) is 24.1. The molecule has 102 valence electrons. The first-order chi connectivity index (χ1) is 8.88. The summed E-state index contributed by atoms with van der Waals surface area (Å²) in [6.07, 6.45) is 3.62. The average molecular weight is 279 g/mol. The van der Waals surface area contributed by atoms with Crippen molar-refractivity contribution >= 4 is 29.3 Å². The van der Waals surface area contributed by atoms with Gasteiger partial charge in [0, 0.05) is 21.7 Å². The Hall–Kier alpha value is -1.62. The minimum absolute atomic E-state index is 0.112. The minimum atomic E-state index is -0.959. The molecule has 1 atom stereocenters. The predicted octanol–water partition coefficient (Wildman–Crippen LogP) is 2.51. The SMILES string of the molecule is CC1(C)CC1C(=O)NCc1ccc(/C=C/C(=O)O)s1. The van der Waals surface area contributed by atoms with Crippen molar-refractivity contribution in [2.24, 2.45) is 11.3 Å². The Morgan fingerprint density at radius 1 is 1.53 bits per heavy atom. The lowest BCUT2D eigenvalue weighted by Gasteiger charge is -2.04. The number of carboxylic acid groups (broad SMARTS) is 1. The van der Waals surface area contributed by atoms with E-state index in [1.165, 1.54) is 11.3 Å². The molecule has 1 fully saturated rings. The zero-order chi connectivity index (χ0) is 14.0. The molecule has 4 nitrogen and oxygen atoms in total. The summed E-state index contributed by atoms with van der Waals surface area (Å²) in [7, 11) is 0. The Balaban J connectivity index is 1.84. The second kappa shape index (κ2) is 5.17. The van der Waals surface area contributed by atoms with Crippen molar-refractivity contribution in [3.8, 4) is 0 Å². The van der Waals surface area contributed by atoms with Crippen LogP contribution in [0, 0.1) is 11.3 Å². The standard InChI is InChI=1S/C14H17NO3S/c1-14(2)7-11(14)13(18)15-8-10-4-3-9(19-10)5-6-12(16)17/h3-6,11H,7-8H2,1-2H3,(H,15,18)(H,16,17)/b6-5+. The highest BCUT2D eigenvalue weighted by atomic mass is 32.1. The Morgan fingerprint density at radius 3 is 2.79 bits per heavy atom. The Morgan fingerprint density at radius 2 is 2.21 bits per heavy atom. The van der Waals surface area contributed by atoms with Crippen LogP contribution < -0.4 is 5.32 Å². The van der Waals surface area contributed by atoms with Gasteiger partial charge in [0.25, 0.3) is 0 Å². The number of aliphatic carboxylic acids is 1. The minimum Gasteiger partial charge on any atom is -0.478 e. The fraction of sp³-hybridized carbons (Fsp3) is 0.429. The van der Waals surface area contributed by atoms with E-state index in [9.17, 15) is 9.59 Å². The lowest BCUT2D eigenvalue weighted by atomic mass is 10.1. The van der Waals surface area contributed by atoms with Gasteiger partial charge in [0.2, 0.25) is 5.91 Å². The first-order valence-corrected chi connectivity index (χ1v) is 6.97. The first kappa shape index (κ1) is 13.8. The molecule has 1 aromatic rings. The van der Waals surface area contributed by atoms with E-state index in [0.29, 0.717) is 6.54 Å². The van der Waals surface area contributed by atoms with Crippen LogP contribution in [-0.4, -0.2) is 17.0 Å². The number of hydrogen-bond acceptors (Lipinski definition) is 3. The van der Waals surface area contributed by atoms with E-state index in [-0.39, 0.29) is 17.2 Å². The molecule has 0 aliphatic heterocycles. The van der Waals surface area contributed by atoms with E-state index in [1.54, 1.807) is 6.08 Å². The molecule has 0 saturated heterocycles. The van der Waals surface area contributed by atoms with Crippen molar-refractivity contribution in [3.63, 3.8) is 0 Å². The van der Waals surface area contributed by atoms with Crippen molar-refractivity contribution in [1.29, 1.82) is 0 Å². The Bertz CT molecular complexity index is 531. The maximum atomic E-state index is 11.8. The number of hydrogen-bond donors (Lipinski definition) is 2. The van der Waals surface area contributed by atoms with Gasteiger partial charge in [-0.15, -0.1) is 11.3 Å². The van der Waals surface area contributed by atoms with E-state index in [0.717, 1.165) is 22.3 Å². The second-order valence-electron chi connectivity index (χ2n) is 5.44. The number of nitrogens with one attached hydrogen (secondary N) is 1. The lowest BCUT2D eigenvalue weighted by Crippen LogP contribution is -2.25. The molecule has 1 aliphatic rings. The van der Waals surface area contributed by atoms with Gasteiger partial charge in [0.15, 0.2) is 0 Å². The quantitative estimate of drug-likeness (QED) is 0.814. The number of carbonyl (C=O) groups is 2. The van der Waals surface area contributed by atoms with Crippen LogP contribution in [-0.2, 0) is 16.1 Å². The molecule has 0 bridgehead atoms. The van der Waals surface area contributed by atoms with Crippen molar-refractivity contribution in [3.05, 3.63) is 28.0 Å². The van der Waals surface area contributed by atoms with E-state index >= 15 is 0 Å². The van der Waals surface area contributed by atoms with E-state index in [1.807, 2.05) is 12.1 Å². The van der Waals surface area contributed by atoms with Gasteiger partial charge in [0.05, 0.1) is 6.54 Å². The molecule has 1 aromatic heterocycles. The van der Waals surface area contributed by atoms with Crippen LogP contribution in [0.2, 0.25) is 0 Å². The van der Waals surface area contributed by atoms with Crippen molar-refractivity contribution in [2.75, 3.05) is 0 Å². The molecule has 19 heavy (non-hydrogen) atoms. The Labute approximate surface area is 116 Å². The zero-order valence-corrected chi connectivity index (χ0v) is 11.8. The molecule has 0 spiro atoms. The van der Waals surface area contributed by atoms with Gasteiger partial charge in [-0.05, 0) is 30.0 Å². The van der Waals surface area contributed by atoms with Crippen LogP contribution in [0.1, 0.15) is 30.0 Å². The largest absolute Gasteiger partial charge is 0.478 e. The molecule has 1 heterocycles. The molecule has 1 amide bonds. The predicted molar refractivity (Wildman–Crippen MR) is 74.7 cm³/mol. The molecular formula is C14H17NO3S. The van der Waals surface area contributed by atoms with Crippen LogP contribution in [0.15, 0.2) is 18.2 Å². The first-order valence-electron chi connectivity index (χ1n) is 6.16. The van der Waals surface area contributed by atoms with Gasteiger partial charge in [-0.1, -0.05) is 13.8 Å².